The second kappa shape index (κ2) is 2.60. The highest BCUT2D eigenvalue weighted by molar-refractivity contribution is 9.10. The lowest BCUT2D eigenvalue weighted by atomic mass is 10.6. The molecule has 0 bridgehead atoms. The van der Waals surface area contributed by atoms with Crippen LogP contribution in [0.3, 0.4) is 0 Å². The van der Waals surface area contributed by atoms with Gasteiger partial charge < -0.3 is 5.11 Å². The number of fused-ring (bicyclic) bond motifs is 1. The number of aromatic hydroxyl groups is 1. The van der Waals surface area contributed by atoms with Crippen molar-refractivity contribution in [3.63, 3.8) is 0 Å². The predicted molar refractivity (Wildman–Crippen MR) is 47.4 cm³/mol. The zero-order valence-electron chi connectivity index (χ0n) is 5.70. The van der Waals surface area contributed by atoms with Crippen LogP contribution in [0.2, 0.25) is 5.15 Å². The van der Waals surface area contributed by atoms with Gasteiger partial charge in [0.25, 0.3) is 0 Å². The molecule has 6 heteroatoms. The van der Waals surface area contributed by atoms with Crippen LogP contribution < -0.4 is 0 Å². The fourth-order valence-corrected chi connectivity index (χ4v) is 1.34. The normalized spacial score (nSPS) is 10.8. The molecule has 2 heterocycles. The molecular formula is C6H3BrClN3O. The third-order valence-electron chi connectivity index (χ3n) is 1.39. The van der Waals surface area contributed by atoms with Crippen molar-refractivity contribution < 1.29 is 5.11 Å². The van der Waals surface area contributed by atoms with Crippen LogP contribution in [0.5, 0.6) is 5.75 Å². The maximum atomic E-state index is 9.16. The highest BCUT2D eigenvalue weighted by atomic mass is 79.9. The van der Waals surface area contributed by atoms with Gasteiger partial charge in [-0.2, -0.15) is 5.10 Å². The minimum Gasteiger partial charge on any atom is -0.504 e. The molecule has 12 heavy (non-hydrogen) atoms. The molecule has 0 radical (unpaired) electrons. The summed E-state index contributed by atoms with van der Waals surface area (Å²) in [6.07, 6.45) is 2.98. The summed E-state index contributed by atoms with van der Waals surface area (Å²) in [5.41, 5.74) is 0.581. The Morgan fingerprint density at radius 3 is 3.08 bits per heavy atom. The van der Waals surface area contributed by atoms with Crippen LogP contribution in [0, 0.1) is 0 Å². The smallest absolute Gasteiger partial charge is 0.174 e. The molecule has 0 saturated carbocycles. The number of aromatic nitrogens is 3. The van der Waals surface area contributed by atoms with Crippen LogP contribution in [0.25, 0.3) is 5.65 Å². The molecule has 4 nitrogen and oxygen atoms in total. The van der Waals surface area contributed by atoms with E-state index in [9.17, 15) is 0 Å². The summed E-state index contributed by atoms with van der Waals surface area (Å²) in [6.45, 7) is 0. The number of rotatable bonds is 0. The van der Waals surface area contributed by atoms with Gasteiger partial charge in [-0.3, -0.25) is 0 Å². The maximum Gasteiger partial charge on any atom is 0.174 e. The quantitative estimate of drug-likeness (QED) is 0.724. The minimum atomic E-state index is -0.0835. The van der Waals surface area contributed by atoms with E-state index in [2.05, 4.69) is 26.0 Å². The monoisotopic (exact) mass is 247 g/mol. The molecular weight excluding hydrogens is 245 g/mol. The summed E-state index contributed by atoms with van der Waals surface area (Å²) in [7, 11) is 0. The molecule has 0 saturated heterocycles. The first-order valence-electron chi connectivity index (χ1n) is 3.07. The minimum absolute atomic E-state index is 0.0729. The molecule has 2 aromatic heterocycles. The van der Waals surface area contributed by atoms with Gasteiger partial charge in [0.15, 0.2) is 16.5 Å². The molecule has 0 amide bonds. The Labute approximate surface area is 80.9 Å². The third-order valence-corrected chi connectivity index (χ3v) is 2.22. The van der Waals surface area contributed by atoms with Gasteiger partial charge in [-0.25, -0.2) is 9.50 Å². The van der Waals surface area contributed by atoms with Gasteiger partial charge in [0, 0.05) is 0 Å². The molecule has 0 aliphatic heterocycles. The highest BCUT2D eigenvalue weighted by Gasteiger charge is 2.06. The first kappa shape index (κ1) is 7.82. The number of nitrogens with zero attached hydrogens (tertiary/aromatic N) is 3. The summed E-state index contributed by atoms with van der Waals surface area (Å²) in [5.74, 6) is -0.0835. The first-order chi connectivity index (χ1) is 5.68. The molecule has 0 aliphatic carbocycles. The number of hydrogen-bond donors (Lipinski definition) is 1. The zero-order valence-corrected chi connectivity index (χ0v) is 8.04. The van der Waals surface area contributed by atoms with Crippen LogP contribution >= 0.6 is 27.5 Å². The molecule has 0 aromatic carbocycles. The Balaban J connectivity index is 2.87. The van der Waals surface area contributed by atoms with Gasteiger partial charge in [-0.05, 0) is 15.9 Å². The fourth-order valence-electron chi connectivity index (χ4n) is 0.853. The van der Waals surface area contributed by atoms with E-state index in [4.69, 9.17) is 16.7 Å². The van der Waals surface area contributed by atoms with Crippen LogP contribution in [0.1, 0.15) is 0 Å². The molecule has 0 spiro atoms. The topological polar surface area (TPSA) is 50.4 Å². The van der Waals surface area contributed by atoms with Crippen molar-refractivity contribution in [3.8, 4) is 5.75 Å². The third kappa shape index (κ3) is 1.05. The summed E-state index contributed by atoms with van der Waals surface area (Å²) >= 11 is 8.83. The van der Waals surface area contributed by atoms with E-state index in [1.165, 1.54) is 10.7 Å². The predicted octanol–water partition coefficient (Wildman–Crippen LogP) is 1.85. The Morgan fingerprint density at radius 1 is 1.58 bits per heavy atom. The average molecular weight is 248 g/mol. The molecule has 2 rings (SSSR count). The molecule has 1 N–H and O–H groups in total. The van der Waals surface area contributed by atoms with E-state index < -0.39 is 0 Å². The summed E-state index contributed by atoms with van der Waals surface area (Å²) in [6, 6.07) is 0. The lowest BCUT2D eigenvalue weighted by Gasteiger charge is -1.96. The average Bonchev–Trinajstić information content (AvgIpc) is 2.35. The zero-order chi connectivity index (χ0) is 8.72. The van der Waals surface area contributed by atoms with Crippen LogP contribution in [-0.2, 0) is 0 Å². The van der Waals surface area contributed by atoms with Crippen molar-refractivity contribution >= 4 is 33.2 Å². The molecule has 0 aliphatic rings. The van der Waals surface area contributed by atoms with Crippen molar-refractivity contribution in [2.24, 2.45) is 0 Å². The summed E-state index contributed by atoms with van der Waals surface area (Å²) in [4.78, 5) is 3.90. The van der Waals surface area contributed by atoms with Crippen molar-refractivity contribution in [2.45, 2.75) is 0 Å². The Hall–Kier alpha value is -0.810. The highest BCUT2D eigenvalue weighted by Crippen LogP contribution is 2.23. The van der Waals surface area contributed by atoms with E-state index in [1.807, 2.05) is 0 Å². The lowest BCUT2D eigenvalue weighted by Crippen LogP contribution is -1.89. The SMILES string of the molecule is Oc1cn2ncc(Br)c2nc1Cl. The van der Waals surface area contributed by atoms with Gasteiger partial charge in [-0.15, -0.1) is 0 Å². The molecule has 62 valence electrons. The Bertz CT molecular complexity index is 442. The van der Waals surface area contributed by atoms with E-state index in [1.54, 1.807) is 6.20 Å². The first-order valence-corrected chi connectivity index (χ1v) is 4.24. The standard InChI is InChI=1S/C6H3BrClN3O/c7-3-1-9-11-2-4(12)5(8)10-6(3)11/h1-2,12H. The molecule has 0 unspecified atom stereocenters. The van der Waals surface area contributed by atoms with Crippen molar-refractivity contribution in [1.82, 2.24) is 14.6 Å². The second-order valence-electron chi connectivity index (χ2n) is 2.18. The van der Waals surface area contributed by atoms with Gasteiger partial charge in [0.05, 0.1) is 16.9 Å². The van der Waals surface area contributed by atoms with E-state index in [-0.39, 0.29) is 10.9 Å². The molecule has 2 aromatic rings. The van der Waals surface area contributed by atoms with E-state index in [0.29, 0.717) is 5.65 Å². The Kier molecular flexibility index (Phi) is 1.69. The van der Waals surface area contributed by atoms with Gasteiger partial charge >= 0.3 is 0 Å². The maximum absolute atomic E-state index is 9.16. The van der Waals surface area contributed by atoms with E-state index >= 15 is 0 Å². The van der Waals surface area contributed by atoms with Crippen molar-refractivity contribution in [3.05, 3.63) is 22.0 Å². The summed E-state index contributed by atoms with van der Waals surface area (Å²) < 4.78 is 2.18. The van der Waals surface area contributed by atoms with Crippen molar-refractivity contribution in [1.29, 1.82) is 0 Å². The van der Waals surface area contributed by atoms with Gasteiger partial charge in [-0.1, -0.05) is 11.6 Å². The largest absolute Gasteiger partial charge is 0.504 e. The Morgan fingerprint density at radius 2 is 2.33 bits per heavy atom. The fraction of sp³-hybridized carbons (Fsp3) is 0. The second-order valence-corrected chi connectivity index (χ2v) is 3.39. The van der Waals surface area contributed by atoms with Crippen LogP contribution in [0.15, 0.2) is 16.9 Å². The van der Waals surface area contributed by atoms with Crippen LogP contribution in [0.4, 0.5) is 0 Å². The lowest BCUT2D eigenvalue weighted by molar-refractivity contribution is 0.468. The van der Waals surface area contributed by atoms with Gasteiger partial charge in [0.2, 0.25) is 0 Å². The van der Waals surface area contributed by atoms with Gasteiger partial charge in [0.1, 0.15) is 0 Å². The number of halogens is 2. The molecule has 0 fully saturated rings. The van der Waals surface area contributed by atoms with E-state index in [0.717, 1.165) is 4.47 Å². The molecule has 0 atom stereocenters. The van der Waals surface area contributed by atoms with Crippen LogP contribution in [-0.4, -0.2) is 19.7 Å². The summed E-state index contributed by atoms with van der Waals surface area (Å²) in [5, 5.41) is 13.1. The number of hydrogen-bond acceptors (Lipinski definition) is 3. The van der Waals surface area contributed by atoms with Crippen molar-refractivity contribution in [2.75, 3.05) is 0 Å².